The van der Waals surface area contributed by atoms with Gasteiger partial charge in [0.2, 0.25) is 5.13 Å². The molecule has 0 saturated carbocycles. The van der Waals surface area contributed by atoms with Crippen LogP contribution in [0.4, 0.5) is 44.5 Å². The van der Waals surface area contributed by atoms with E-state index >= 15 is 0 Å². The van der Waals surface area contributed by atoms with E-state index < -0.39 is 76.0 Å². The first-order valence-electron chi connectivity index (χ1n) is 18.0. The quantitative estimate of drug-likeness (QED) is 0.0469. The first kappa shape index (κ1) is 66.7. The predicted molar refractivity (Wildman–Crippen MR) is 233 cm³/mol. The van der Waals surface area contributed by atoms with E-state index in [9.17, 15) is 57.1 Å². The molecule has 2 aromatic heterocycles. The summed E-state index contributed by atoms with van der Waals surface area (Å²) in [6.45, 7) is 1.50. The summed E-state index contributed by atoms with van der Waals surface area (Å²) in [4.78, 5) is 6.30. The maximum absolute atomic E-state index is 12.3. The molecule has 35 heteroatoms. The number of nitrogens with zero attached hydrogens (tertiary/aromatic N) is 7. The van der Waals surface area contributed by atoms with Gasteiger partial charge in [-0.3, -0.25) is 8.42 Å². The Morgan fingerprint density at radius 1 is 0.616 bits per heavy atom. The summed E-state index contributed by atoms with van der Waals surface area (Å²) in [6, 6.07) is 25.9. The van der Waals surface area contributed by atoms with Gasteiger partial charge in [-0.15, -0.1) is 43.9 Å². The van der Waals surface area contributed by atoms with Crippen LogP contribution in [0.5, 0.6) is 0 Å². The summed E-state index contributed by atoms with van der Waals surface area (Å²) >= 11 is 0.818. The Hall–Kier alpha value is -4.32. The summed E-state index contributed by atoms with van der Waals surface area (Å²) in [6.07, 6.45) is 0. The number of benzene rings is 5. The van der Waals surface area contributed by atoms with Gasteiger partial charge in [0.1, 0.15) is 47.8 Å². The fourth-order valence-electron chi connectivity index (χ4n) is 5.92. The Balaban J connectivity index is 0.00000285. The zero-order valence-electron chi connectivity index (χ0n) is 38.5. The Morgan fingerprint density at radius 2 is 1.12 bits per heavy atom. The molecule has 0 fully saturated rings. The Kier molecular flexibility index (Phi) is 25.1. The molecule has 0 aliphatic rings. The molecule has 7 rings (SSSR count). The van der Waals surface area contributed by atoms with E-state index in [1.807, 2.05) is 6.07 Å². The van der Waals surface area contributed by atoms with Gasteiger partial charge in [-0.1, -0.05) is 41.7 Å². The van der Waals surface area contributed by atoms with Crippen molar-refractivity contribution >= 4 is 118 Å². The van der Waals surface area contributed by atoms with Crippen molar-refractivity contribution in [1.29, 1.82) is 5.26 Å². The van der Waals surface area contributed by atoms with Crippen LogP contribution in [-0.2, 0) is 51.1 Å². The van der Waals surface area contributed by atoms with Gasteiger partial charge in [-0.2, -0.15) is 23.5 Å². The third kappa shape index (κ3) is 17.4. The molecular formula is C38H22Li5N9O15S6. The van der Waals surface area contributed by atoms with E-state index in [0.29, 0.717) is 5.56 Å². The molecule has 0 aliphatic carbocycles. The normalized spacial score (nSPS) is 11.3. The van der Waals surface area contributed by atoms with Gasteiger partial charge in [0, 0.05) is 27.4 Å². The number of hydrogen-bond donors (Lipinski definition) is 2. The van der Waals surface area contributed by atoms with E-state index in [1.54, 1.807) is 30.3 Å². The van der Waals surface area contributed by atoms with Crippen LogP contribution >= 0.6 is 11.3 Å². The van der Waals surface area contributed by atoms with Crippen LogP contribution in [0, 0.1) is 24.3 Å². The number of azo groups is 2. The van der Waals surface area contributed by atoms with Crippen molar-refractivity contribution < 1.29 is 159 Å². The molecule has 7 aromatic rings. The van der Waals surface area contributed by atoms with Crippen molar-refractivity contribution in [2.24, 2.45) is 20.5 Å². The van der Waals surface area contributed by atoms with Crippen LogP contribution < -0.4 is 105 Å². The molecular weight excluding hydrogens is 1050 g/mol. The summed E-state index contributed by atoms with van der Waals surface area (Å²) < 4.78 is 167. The van der Waals surface area contributed by atoms with Gasteiger partial charge in [-0.25, -0.2) is 35.2 Å². The number of nitrogens with one attached hydrogen (secondary N) is 2. The summed E-state index contributed by atoms with van der Waals surface area (Å²) in [5, 5.41) is 32.2. The summed E-state index contributed by atoms with van der Waals surface area (Å²) in [5.74, 6) is -0.141. The zero-order valence-corrected chi connectivity index (χ0v) is 43.4. The number of fused-ring (bicyclic) bond motifs is 1. The van der Waals surface area contributed by atoms with E-state index in [1.165, 1.54) is 31.2 Å². The van der Waals surface area contributed by atoms with Crippen LogP contribution in [0.1, 0.15) is 11.1 Å². The van der Waals surface area contributed by atoms with Gasteiger partial charge in [0.25, 0.3) is 0 Å². The maximum Gasteiger partial charge on any atom is 1.00 e. The second-order valence-electron chi connectivity index (χ2n) is 13.2. The average Bonchev–Trinajstić information content (AvgIpc) is 3.67. The van der Waals surface area contributed by atoms with E-state index in [0.717, 1.165) is 59.9 Å². The van der Waals surface area contributed by atoms with Crippen molar-refractivity contribution in [3.63, 3.8) is 0 Å². The van der Waals surface area contributed by atoms with E-state index in [-0.39, 0.29) is 161 Å². The fourth-order valence-corrected chi connectivity index (χ4v) is 8.95. The van der Waals surface area contributed by atoms with Crippen molar-refractivity contribution in [2.45, 2.75) is 26.5 Å². The predicted octanol–water partition coefficient (Wildman–Crippen LogP) is -8.71. The molecule has 0 aliphatic heterocycles. The van der Waals surface area contributed by atoms with Crippen molar-refractivity contribution in [1.82, 2.24) is 9.97 Å². The number of nitriles is 1. The molecule has 5 aromatic carbocycles. The molecule has 350 valence electrons. The summed E-state index contributed by atoms with van der Waals surface area (Å²) in [7, 11) is -23.1. The monoisotopic (exact) mass is 1070 g/mol. The maximum atomic E-state index is 12.3. The molecule has 0 bridgehead atoms. The first-order valence-corrected chi connectivity index (χ1v) is 25.4. The van der Waals surface area contributed by atoms with Crippen LogP contribution in [0.25, 0.3) is 22.0 Å². The number of anilines is 4. The van der Waals surface area contributed by atoms with Crippen LogP contribution in [-0.4, -0.2) is 74.5 Å². The van der Waals surface area contributed by atoms with Crippen LogP contribution in [0.2, 0.25) is 0 Å². The smallest absolute Gasteiger partial charge is 0.754 e. The van der Waals surface area contributed by atoms with Crippen molar-refractivity contribution in [3.05, 3.63) is 120 Å². The molecule has 0 atom stereocenters. The number of pyridine rings is 1. The Bertz CT molecular complexity index is 3830. The molecule has 0 amide bonds. The largest absolute Gasteiger partial charge is 1.00 e. The standard InChI is InChI=1S/C38H26N9O12S5.5Li.O3S/c1-21-30(20-39)35(40-23-10-14-26(15-11-23)61(48,49)50)43-36(41-24-12-16-27(17-13-24)62(51,52)53)33(21)45-47-38-42-34(22-6-3-2-4-7-22)37(60-38)46-44-25-18-29-28(32(19-25)64(57,58)59)8-5-9-31(29)63(54,55)56;;;;;;1-4(2)3/h2-4,6-19H,1H3,(H2,40,41,43)(H,48,49,50)(H,51,52,53)(H,54,55,56)(H,57,58,59);;;;;;/q-1;5*+1;/p-4. The molecule has 73 heavy (non-hydrogen) atoms. The first-order chi connectivity index (χ1) is 31.8. The molecule has 24 nitrogen and oxygen atoms in total. The van der Waals surface area contributed by atoms with Crippen LogP contribution in [0.15, 0.2) is 143 Å². The molecule has 2 N–H and O–H groups in total. The number of aromatic nitrogens is 2. The second kappa shape index (κ2) is 27.5. The minimum atomic E-state index is -5.25. The number of rotatable bonds is 13. The van der Waals surface area contributed by atoms with Crippen molar-refractivity contribution in [3.8, 4) is 17.3 Å². The van der Waals surface area contributed by atoms with Gasteiger partial charge in [0.15, 0.2) is 16.6 Å². The zero-order chi connectivity index (χ0) is 49.8. The van der Waals surface area contributed by atoms with E-state index in [4.69, 9.17) is 12.6 Å². The topological polar surface area (TPSA) is 403 Å². The van der Waals surface area contributed by atoms with Gasteiger partial charge >= 0.3 is 105 Å². The molecule has 0 radical (unpaired) electrons. The second-order valence-corrected chi connectivity index (χ2v) is 20.0. The molecule has 0 spiro atoms. The Labute approximate surface area is 482 Å². The third-order valence-corrected chi connectivity index (χ3v) is 13.1. The average molecular weight is 1070 g/mol. The fraction of sp³-hybridized carbons (Fsp3) is 0.0263. The number of hydrogen-bond acceptors (Lipinski definition) is 25. The molecule has 0 saturated heterocycles. The van der Waals surface area contributed by atoms with Gasteiger partial charge in [0.05, 0.1) is 31.2 Å². The van der Waals surface area contributed by atoms with Gasteiger partial charge < -0.3 is 28.8 Å². The molecule has 0 unspecified atom stereocenters. The molecule has 2 heterocycles. The minimum absolute atomic E-state index is 0. The summed E-state index contributed by atoms with van der Waals surface area (Å²) in [5.41, 5.74) is 0.871. The van der Waals surface area contributed by atoms with Gasteiger partial charge in [-0.05, 0) is 72.5 Å². The van der Waals surface area contributed by atoms with E-state index in [2.05, 4.69) is 47.1 Å². The number of thiazole rings is 1. The van der Waals surface area contributed by atoms with Crippen molar-refractivity contribution in [2.75, 3.05) is 10.6 Å². The Morgan fingerprint density at radius 3 is 1.60 bits per heavy atom. The SMILES string of the molecule is Cc1c(C#N)c(Nc2ccc(S(=O)(=O)[O-])cc2)nc(Nc2ccc(S(=O)(=O)[O-])cc2)c1N=Nc1nc(-c2ccccc2)c(N=Nc2cc(S(=O)(=O)[O-])c3c[c-]cc(S(=O)(=O)[O-])c3c2)s1.O=S(=O)=O.[Li+].[Li+].[Li+].[Li+].[Li+]. The minimum Gasteiger partial charge on any atom is -0.754 e. The van der Waals surface area contributed by atoms with Crippen LogP contribution in [0.3, 0.4) is 0 Å². The third-order valence-electron chi connectivity index (χ3n) is 8.85.